The Morgan fingerprint density at radius 3 is 2.87 bits per heavy atom. The Morgan fingerprint density at radius 1 is 1.35 bits per heavy atom. The van der Waals surface area contributed by atoms with Gasteiger partial charge in [0.15, 0.2) is 5.16 Å². The van der Waals surface area contributed by atoms with Crippen LogP contribution < -0.4 is 5.56 Å². The molecule has 0 atom stereocenters. The lowest BCUT2D eigenvalue weighted by molar-refractivity contribution is 0.951. The van der Waals surface area contributed by atoms with E-state index in [4.69, 9.17) is 16.9 Å². The smallest absolute Gasteiger partial charge is 0.260 e. The summed E-state index contributed by atoms with van der Waals surface area (Å²) in [6, 6.07) is 9.51. The molecule has 0 spiro atoms. The highest BCUT2D eigenvalue weighted by atomic mass is 35.5. The Kier molecular flexibility index (Phi) is 5.01. The number of thioether (sulfide) groups is 1. The van der Waals surface area contributed by atoms with Crippen molar-refractivity contribution in [1.82, 2.24) is 9.97 Å². The molecule has 0 fully saturated rings. The molecule has 7 heteroatoms. The minimum atomic E-state index is -0.135. The molecule has 4 nitrogen and oxygen atoms in total. The molecule has 23 heavy (non-hydrogen) atoms. The molecular weight excluding hydrogens is 350 g/mol. The van der Waals surface area contributed by atoms with Gasteiger partial charge in [-0.25, -0.2) is 4.98 Å². The van der Waals surface area contributed by atoms with Gasteiger partial charge in [-0.3, -0.25) is 4.79 Å². The van der Waals surface area contributed by atoms with Gasteiger partial charge >= 0.3 is 0 Å². The lowest BCUT2D eigenvalue weighted by Crippen LogP contribution is -2.08. The predicted molar refractivity (Wildman–Crippen MR) is 96.3 cm³/mol. The standard InChI is InChI=1S/C16H12ClN3OS2/c17-11-5-3-10(4-6-11)12-9-23-15-13(12)14(21)19-16(20-15)22-8-2-1-7-18/h3-6,9H,1-2,8H2,(H,19,20,21). The number of aromatic amines is 1. The fraction of sp³-hybridized carbons (Fsp3) is 0.188. The normalized spacial score (nSPS) is 10.8. The highest BCUT2D eigenvalue weighted by Gasteiger charge is 2.13. The molecule has 0 saturated carbocycles. The molecule has 116 valence electrons. The van der Waals surface area contributed by atoms with E-state index in [1.807, 2.05) is 17.5 Å². The highest BCUT2D eigenvalue weighted by Crippen LogP contribution is 2.32. The summed E-state index contributed by atoms with van der Waals surface area (Å²) in [7, 11) is 0. The summed E-state index contributed by atoms with van der Waals surface area (Å²) in [4.78, 5) is 20.5. The number of nitrogens with one attached hydrogen (secondary N) is 1. The van der Waals surface area contributed by atoms with Crippen molar-refractivity contribution in [3.8, 4) is 17.2 Å². The first kappa shape index (κ1) is 16.1. The van der Waals surface area contributed by atoms with Crippen LogP contribution in [0.4, 0.5) is 0 Å². The molecular formula is C16H12ClN3OS2. The molecule has 1 N–H and O–H groups in total. The summed E-state index contributed by atoms with van der Waals surface area (Å²) in [5, 5.41) is 12.4. The molecule has 0 aliphatic rings. The first-order valence-electron chi connectivity index (χ1n) is 6.96. The Morgan fingerprint density at radius 2 is 2.13 bits per heavy atom. The molecule has 0 radical (unpaired) electrons. The summed E-state index contributed by atoms with van der Waals surface area (Å²) < 4.78 is 0. The van der Waals surface area contributed by atoms with Gasteiger partial charge in [-0.2, -0.15) is 5.26 Å². The molecule has 3 aromatic rings. The van der Waals surface area contributed by atoms with Crippen molar-refractivity contribution in [3.05, 3.63) is 45.0 Å². The number of hydrogen-bond acceptors (Lipinski definition) is 5. The van der Waals surface area contributed by atoms with E-state index >= 15 is 0 Å². The van der Waals surface area contributed by atoms with E-state index in [-0.39, 0.29) is 5.56 Å². The Labute approximate surface area is 146 Å². The zero-order valence-electron chi connectivity index (χ0n) is 12.0. The third-order valence-electron chi connectivity index (χ3n) is 3.25. The van der Waals surface area contributed by atoms with Crippen LogP contribution in [0.2, 0.25) is 5.02 Å². The van der Waals surface area contributed by atoms with E-state index in [2.05, 4.69) is 16.0 Å². The van der Waals surface area contributed by atoms with Crippen LogP contribution in [0, 0.1) is 11.3 Å². The number of hydrogen-bond donors (Lipinski definition) is 1. The number of nitriles is 1. The monoisotopic (exact) mass is 361 g/mol. The third kappa shape index (κ3) is 3.58. The van der Waals surface area contributed by atoms with Gasteiger partial charge in [0.1, 0.15) is 4.83 Å². The Bertz CT molecular complexity index is 925. The van der Waals surface area contributed by atoms with E-state index < -0.39 is 0 Å². The van der Waals surface area contributed by atoms with Crippen LogP contribution in [-0.2, 0) is 0 Å². The van der Waals surface area contributed by atoms with Gasteiger partial charge in [0.05, 0.1) is 11.5 Å². The van der Waals surface area contributed by atoms with Gasteiger partial charge in [0.25, 0.3) is 5.56 Å². The van der Waals surface area contributed by atoms with Crippen molar-refractivity contribution < 1.29 is 0 Å². The summed E-state index contributed by atoms with van der Waals surface area (Å²) >= 11 is 8.84. The maximum Gasteiger partial charge on any atom is 0.260 e. The number of thiophene rings is 1. The Balaban J connectivity index is 1.93. The van der Waals surface area contributed by atoms with E-state index in [0.717, 1.165) is 28.1 Å². The minimum Gasteiger partial charge on any atom is -0.301 e. The van der Waals surface area contributed by atoms with Crippen molar-refractivity contribution >= 4 is 44.9 Å². The van der Waals surface area contributed by atoms with Crippen LogP contribution in [0.25, 0.3) is 21.3 Å². The fourth-order valence-electron chi connectivity index (χ4n) is 2.16. The molecule has 0 saturated heterocycles. The second-order valence-electron chi connectivity index (χ2n) is 4.82. The molecule has 0 aliphatic carbocycles. The number of nitrogens with zero attached hydrogens (tertiary/aromatic N) is 2. The lowest BCUT2D eigenvalue weighted by atomic mass is 10.1. The average Bonchev–Trinajstić information content (AvgIpc) is 2.97. The lowest BCUT2D eigenvalue weighted by Gasteiger charge is -2.02. The molecule has 0 aliphatic heterocycles. The third-order valence-corrected chi connectivity index (χ3v) is 5.33. The number of fused-ring (bicyclic) bond motifs is 1. The number of H-pyrrole nitrogens is 1. The Hall–Kier alpha value is -1.81. The van der Waals surface area contributed by atoms with Gasteiger partial charge in [-0.15, -0.1) is 11.3 Å². The zero-order valence-corrected chi connectivity index (χ0v) is 14.4. The molecule has 2 aromatic heterocycles. The molecule has 0 bridgehead atoms. The van der Waals surface area contributed by atoms with E-state index in [9.17, 15) is 4.79 Å². The fourth-order valence-corrected chi connectivity index (χ4v) is 4.09. The van der Waals surface area contributed by atoms with E-state index in [1.165, 1.54) is 23.1 Å². The molecule has 0 unspecified atom stereocenters. The summed E-state index contributed by atoms with van der Waals surface area (Å²) in [5.74, 6) is 0.761. The van der Waals surface area contributed by atoms with Crippen LogP contribution in [0.15, 0.2) is 39.6 Å². The number of aromatic nitrogens is 2. The maximum absolute atomic E-state index is 12.4. The number of halogens is 1. The van der Waals surface area contributed by atoms with Crippen molar-refractivity contribution in [2.45, 2.75) is 18.0 Å². The summed E-state index contributed by atoms with van der Waals surface area (Å²) in [6.07, 6.45) is 1.29. The van der Waals surface area contributed by atoms with Gasteiger partial charge in [0.2, 0.25) is 0 Å². The largest absolute Gasteiger partial charge is 0.301 e. The van der Waals surface area contributed by atoms with E-state index in [0.29, 0.717) is 22.0 Å². The number of unbranched alkanes of at least 4 members (excludes halogenated alkanes) is 1. The van der Waals surface area contributed by atoms with Crippen molar-refractivity contribution in [3.63, 3.8) is 0 Å². The van der Waals surface area contributed by atoms with Crippen molar-refractivity contribution in [2.24, 2.45) is 0 Å². The van der Waals surface area contributed by atoms with Gasteiger partial charge < -0.3 is 4.98 Å². The molecule has 3 rings (SSSR count). The predicted octanol–water partition coefficient (Wildman–Crippen LogP) is 4.70. The first-order chi connectivity index (χ1) is 11.2. The van der Waals surface area contributed by atoms with Crippen LogP contribution in [-0.4, -0.2) is 15.7 Å². The van der Waals surface area contributed by atoms with Crippen LogP contribution in [0.5, 0.6) is 0 Å². The van der Waals surface area contributed by atoms with Gasteiger partial charge in [0, 0.05) is 28.1 Å². The SMILES string of the molecule is N#CCCCSc1nc2scc(-c3ccc(Cl)cc3)c2c(=O)[nH]1. The first-order valence-corrected chi connectivity index (χ1v) is 9.20. The van der Waals surface area contributed by atoms with Crippen molar-refractivity contribution in [1.29, 1.82) is 5.26 Å². The number of benzene rings is 1. The number of rotatable bonds is 5. The minimum absolute atomic E-state index is 0.135. The van der Waals surface area contributed by atoms with Crippen LogP contribution in [0.3, 0.4) is 0 Å². The average molecular weight is 362 g/mol. The summed E-state index contributed by atoms with van der Waals surface area (Å²) in [6.45, 7) is 0. The molecule has 1 aromatic carbocycles. The molecule has 0 amide bonds. The maximum atomic E-state index is 12.4. The zero-order chi connectivity index (χ0) is 16.2. The topological polar surface area (TPSA) is 69.5 Å². The van der Waals surface area contributed by atoms with Gasteiger partial charge in [-0.1, -0.05) is 35.5 Å². The molecule has 2 heterocycles. The quantitative estimate of drug-likeness (QED) is 0.406. The second-order valence-corrected chi connectivity index (χ2v) is 7.20. The second kappa shape index (κ2) is 7.18. The summed E-state index contributed by atoms with van der Waals surface area (Å²) in [5.41, 5.74) is 1.68. The van der Waals surface area contributed by atoms with Gasteiger partial charge in [-0.05, 0) is 24.1 Å². The highest BCUT2D eigenvalue weighted by molar-refractivity contribution is 7.99. The van der Waals surface area contributed by atoms with E-state index in [1.54, 1.807) is 12.1 Å². The van der Waals surface area contributed by atoms with Crippen LogP contribution in [0.1, 0.15) is 12.8 Å². The van der Waals surface area contributed by atoms with Crippen molar-refractivity contribution in [2.75, 3.05) is 5.75 Å². The van der Waals surface area contributed by atoms with Crippen LogP contribution >= 0.6 is 34.7 Å².